The van der Waals surface area contributed by atoms with E-state index in [1.54, 1.807) is 22.7 Å². The molecule has 0 radical (unpaired) electrons. The van der Waals surface area contributed by atoms with Crippen molar-refractivity contribution in [2.24, 2.45) is 0 Å². The van der Waals surface area contributed by atoms with Gasteiger partial charge in [-0.2, -0.15) is 0 Å². The van der Waals surface area contributed by atoms with Crippen LogP contribution < -0.4 is 9.62 Å². The Hall–Kier alpha value is -1.99. The Morgan fingerprint density at radius 2 is 1.81 bits per heavy atom. The number of hydrogen-bond donors (Lipinski definition) is 1. The van der Waals surface area contributed by atoms with Crippen LogP contribution in [0.1, 0.15) is 29.2 Å². The smallest absolute Gasteiger partial charge is 0.262 e. The van der Waals surface area contributed by atoms with Crippen LogP contribution in [0.25, 0.3) is 0 Å². The standard InChI is InChI=1S/C20H22N2O3S2/c1-11-7-12(2)19(13(3)8-11)21-27(24,25)17-6-5-16-20-15(17)9-18(23)22(20)10-14(4)26-16/h5-8,14,21H,9-10H2,1-4H3/t14-/m1/s1. The summed E-state index contributed by atoms with van der Waals surface area (Å²) in [4.78, 5) is 15.4. The van der Waals surface area contributed by atoms with E-state index in [4.69, 9.17) is 0 Å². The first kappa shape index (κ1) is 18.4. The van der Waals surface area contributed by atoms with Crippen molar-refractivity contribution in [3.05, 3.63) is 46.5 Å². The number of carbonyl (C=O) groups is 1. The minimum Gasteiger partial charge on any atom is -0.310 e. The van der Waals surface area contributed by atoms with Crippen molar-refractivity contribution in [2.45, 2.75) is 49.2 Å². The normalized spacial score (nSPS) is 18.6. The summed E-state index contributed by atoms with van der Waals surface area (Å²) in [6.45, 7) is 8.48. The molecule has 1 atom stereocenters. The first-order valence-corrected chi connectivity index (χ1v) is 11.3. The molecular weight excluding hydrogens is 380 g/mol. The molecule has 2 aromatic carbocycles. The molecule has 2 aliphatic heterocycles. The third kappa shape index (κ3) is 3.02. The largest absolute Gasteiger partial charge is 0.310 e. The molecule has 0 fully saturated rings. The number of sulfonamides is 1. The topological polar surface area (TPSA) is 66.5 Å². The van der Waals surface area contributed by atoms with Crippen molar-refractivity contribution in [1.29, 1.82) is 0 Å². The van der Waals surface area contributed by atoms with E-state index >= 15 is 0 Å². The monoisotopic (exact) mass is 402 g/mol. The molecule has 142 valence electrons. The SMILES string of the molecule is Cc1cc(C)c(NS(=O)(=O)c2ccc3c4c2CC(=O)N4C[C@@H](C)S3)c(C)c1. The minimum atomic E-state index is -3.80. The number of rotatable bonds is 3. The van der Waals surface area contributed by atoms with Crippen molar-refractivity contribution in [3.8, 4) is 0 Å². The van der Waals surface area contributed by atoms with Gasteiger partial charge in [0.2, 0.25) is 5.91 Å². The molecule has 5 nitrogen and oxygen atoms in total. The molecule has 0 saturated carbocycles. The number of nitrogens with one attached hydrogen (secondary N) is 1. The molecule has 4 rings (SSSR count). The quantitative estimate of drug-likeness (QED) is 0.848. The van der Waals surface area contributed by atoms with Gasteiger partial charge >= 0.3 is 0 Å². The Balaban J connectivity index is 1.80. The lowest BCUT2D eigenvalue weighted by Crippen LogP contribution is -2.35. The van der Waals surface area contributed by atoms with Crippen molar-refractivity contribution < 1.29 is 13.2 Å². The molecule has 0 unspecified atom stereocenters. The predicted octanol–water partition coefficient (Wildman–Crippen LogP) is 3.80. The molecule has 27 heavy (non-hydrogen) atoms. The van der Waals surface area contributed by atoms with Gasteiger partial charge in [-0.3, -0.25) is 9.52 Å². The van der Waals surface area contributed by atoms with Crippen LogP contribution in [-0.2, 0) is 21.2 Å². The van der Waals surface area contributed by atoms with Gasteiger partial charge in [0.15, 0.2) is 0 Å². The highest BCUT2D eigenvalue weighted by molar-refractivity contribution is 8.00. The Labute approximate surface area is 164 Å². The zero-order valence-corrected chi connectivity index (χ0v) is 17.4. The van der Waals surface area contributed by atoms with Gasteiger partial charge in [0.1, 0.15) is 0 Å². The third-order valence-electron chi connectivity index (χ3n) is 5.07. The van der Waals surface area contributed by atoms with Crippen molar-refractivity contribution >= 4 is 39.1 Å². The molecule has 1 N–H and O–H groups in total. The van der Waals surface area contributed by atoms with Crippen LogP contribution in [0.15, 0.2) is 34.1 Å². The van der Waals surface area contributed by atoms with Crippen LogP contribution in [0.2, 0.25) is 0 Å². The highest BCUT2D eigenvalue weighted by Gasteiger charge is 2.38. The zero-order valence-electron chi connectivity index (χ0n) is 15.8. The number of anilines is 2. The van der Waals surface area contributed by atoms with Crippen molar-refractivity contribution in [2.75, 3.05) is 16.2 Å². The Kier molecular flexibility index (Phi) is 4.27. The van der Waals surface area contributed by atoms with E-state index in [-0.39, 0.29) is 17.2 Å². The molecule has 2 aliphatic rings. The van der Waals surface area contributed by atoms with E-state index < -0.39 is 10.0 Å². The maximum atomic E-state index is 13.2. The molecule has 0 aromatic heterocycles. The Morgan fingerprint density at radius 1 is 1.15 bits per heavy atom. The van der Waals surface area contributed by atoms with Crippen LogP contribution in [0.5, 0.6) is 0 Å². The molecule has 2 aromatic rings. The first-order chi connectivity index (χ1) is 12.7. The Morgan fingerprint density at radius 3 is 2.48 bits per heavy atom. The van der Waals surface area contributed by atoms with Gasteiger partial charge in [-0.15, -0.1) is 11.8 Å². The zero-order chi connectivity index (χ0) is 19.5. The summed E-state index contributed by atoms with van der Waals surface area (Å²) in [5.74, 6) is -0.0243. The van der Waals surface area contributed by atoms with Crippen molar-refractivity contribution in [1.82, 2.24) is 0 Å². The summed E-state index contributed by atoms with van der Waals surface area (Å²) in [5, 5.41) is 0.297. The second-order valence-electron chi connectivity index (χ2n) is 7.38. The number of aryl methyl sites for hydroxylation is 3. The van der Waals surface area contributed by atoms with E-state index in [9.17, 15) is 13.2 Å². The van der Waals surface area contributed by atoms with E-state index in [0.29, 0.717) is 23.0 Å². The highest BCUT2D eigenvalue weighted by Crippen LogP contribution is 2.46. The molecule has 0 saturated heterocycles. The molecular formula is C20H22N2O3S2. The fourth-order valence-corrected chi connectivity index (χ4v) is 6.61. The molecule has 0 aliphatic carbocycles. The van der Waals surface area contributed by atoms with E-state index in [0.717, 1.165) is 27.3 Å². The molecule has 1 amide bonds. The van der Waals surface area contributed by atoms with E-state index in [2.05, 4.69) is 11.6 Å². The fourth-order valence-electron chi connectivity index (χ4n) is 4.02. The number of nitrogens with zero attached hydrogens (tertiary/aromatic N) is 1. The second kappa shape index (κ2) is 6.27. The molecule has 7 heteroatoms. The maximum absolute atomic E-state index is 13.2. The molecule has 2 heterocycles. The van der Waals surface area contributed by atoms with Crippen LogP contribution in [-0.4, -0.2) is 26.1 Å². The second-order valence-corrected chi connectivity index (χ2v) is 10.5. The number of hydrogen-bond acceptors (Lipinski definition) is 4. The van der Waals surface area contributed by atoms with Gasteiger partial charge in [0.25, 0.3) is 10.0 Å². The summed E-state index contributed by atoms with van der Waals surface area (Å²) in [6.07, 6.45) is 0.137. The summed E-state index contributed by atoms with van der Waals surface area (Å²) < 4.78 is 29.2. The van der Waals surface area contributed by atoms with Gasteiger partial charge < -0.3 is 4.90 Å². The lowest BCUT2D eigenvalue weighted by Gasteiger charge is -2.29. The number of thioether (sulfide) groups is 1. The van der Waals surface area contributed by atoms with Crippen LogP contribution in [0.4, 0.5) is 11.4 Å². The van der Waals surface area contributed by atoms with E-state index in [1.807, 2.05) is 39.0 Å². The predicted molar refractivity (Wildman–Crippen MR) is 109 cm³/mol. The third-order valence-corrected chi connectivity index (χ3v) is 7.64. The molecule has 0 bridgehead atoms. The number of carbonyl (C=O) groups excluding carboxylic acids is 1. The van der Waals surface area contributed by atoms with Gasteiger partial charge in [0, 0.05) is 22.3 Å². The van der Waals surface area contributed by atoms with Crippen LogP contribution >= 0.6 is 11.8 Å². The fraction of sp³-hybridized carbons (Fsp3) is 0.350. The van der Waals surface area contributed by atoms with Gasteiger partial charge in [-0.1, -0.05) is 24.6 Å². The lowest BCUT2D eigenvalue weighted by atomic mass is 10.1. The minimum absolute atomic E-state index is 0.0243. The average Bonchev–Trinajstić information content (AvgIpc) is 2.88. The average molecular weight is 403 g/mol. The molecule has 0 spiro atoms. The van der Waals surface area contributed by atoms with Crippen molar-refractivity contribution in [3.63, 3.8) is 0 Å². The van der Waals surface area contributed by atoms with E-state index in [1.165, 1.54) is 0 Å². The first-order valence-electron chi connectivity index (χ1n) is 8.91. The van der Waals surface area contributed by atoms with Crippen LogP contribution in [0.3, 0.4) is 0 Å². The van der Waals surface area contributed by atoms with Gasteiger partial charge in [-0.05, 0) is 44.0 Å². The Bertz CT molecular complexity index is 1050. The number of benzene rings is 2. The lowest BCUT2D eigenvalue weighted by molar-refractivity contribution is -0.117. The summed E-state index contributed by atoms with van der Waals surface area (Å²) in [6, 6.07) is 7.38. The maximum Gasteiger partial charge on any atom is 0.262 e. The van der Waals surface area contributed by atoms with Gasteiger partial charge in [-0.25, -0.2) is 8.42 Å². The van der Waals surface area contributed by atoms with Crippen LogP contribution in [0, 0.1) is 20.8 Å². The summed E-state index contributed by atoms with van der Waals surface area (Å²) in [7, 11) is -3.80. The number of amides is 1. The summed E-state index contributed by atoms with van der Waals surface area (Å²) >= 11 is 1.69. The highest BCUT2D eigenvalue weighted by atomic mass is 32.2. The van der Waals surface area contributed by atoms with Gasteiger partial charge in [0.05, 0.1) is 22.7 Å². The summed E-state index contributed by atoms with van der Waals surface area (Å²) in [5.41, 5.74) is 4.86.